The number of ether oxygens (including phenoxy) is 2. The Morgan fingerprint density at radius 2 is 1.83 bits per heavy atom. The van der Waals surface area contributed by atoms with E-state index in [2.05, 4.69) is 21.7 Å². The number of nitrogens with zero attached hydrogens (tertiary/aromatic N) is 2. The van der Waals surface area contributed by atoms with Crippen molar-refractivity contribution in [2.45, 2.75) is 63.1 Å². The highest BCUT2D eigenvalue weighted by molar-refractivity contribution is 6.30. The van der Waals surface area contributed by atoms with Gasteiger partial charge in [-0.3, -0.25) is 0 Å². The van der Waals surface area contributed by atoms with Gasteiger partial charge in [0.1, 0.15) is 0 Å². The Bertz CT molecular complexity index is 643. The highest BCUT2D eigenvalue weighted by atomic mass is 35.5. The van der Waals surface area contributed by atoms with Crippen molar-refractivity contribution in [1.29, 1.82) is 0 Å². The molecule has 128 valence electrons. The highest BCUT2D eigenvalue weighted by Crippen LogP contribution is 2.40. The van der Waals surface area contributed by atoms with Crippen molar-refractivity contribution >= 4 is 11.6 Å². The summed E-state index contributed by atoms with van der Waals surface area (Å²) in [6, 6.07) is 8.04. The molecule has 1 aromatic heterocycles. The zero-order valence-corrected chi connectivity index (χ0v) is 14.5. The molecular weight excluding hydrogens is 324 g/mol. The fourth-order valence-electron chi connectivity index (χ4n) is 3.83. The van der Waals surface area contributed by atoms with Gasteiger partial charge in [0, 0.05) is 23.8 Å². The first-order valence-electron chi connectivity index (χ1n) is 8.78. The van der Waals surface area contributed by atoms with Gasteiger partial charge in [-0.2, -0.15) is 0 Å². The molecule has 1 saturated carbocycles. The molecule has 1 aromatic carbocycles. The minimum atomic E-state index is -0.556. The van der Waals surface area contributed by atoms with Crippen LogP contribution in [0.2, 0.25) is 5.02 Å². The first kappa shape index (κ1) is 16.1. The zero-order chi connectivity index (χ0) is 16.4. The van der Waals surface area contributed by atoms with Gasteiger partial charge in [0.15, 0.2) is 5.79 Å². The van der Waals surface area contributed by atoms with E-state index in [1.807, 2.05) is 24.7 Å². The van der Waals surface area contributed by atoms with E-state index in [1.54, 1.807) is 6.20 Å². The molecular formula is C19H23ClN2O2. The summed E-state index contributed by atoms with van der Waals surface area (Å²) in [5.74, 6) is -0.556. The van der Waals surface area contributed by atoms with E-state index in [-0.39, 0.29) is 12.2 Å². The quantitative estimate of drug-likeness (QED) is 0.813. The van der Waals surface area contributed by atoms with Crippen LogP contribution in [0.25, 0.3) is 0 Å². The summed E-state index contributed by atoms with van der Waals surface area (Å²) in [5, 5.41) is 0.770. The van der Waals surface area contributed by atoms with Crippen molar-refractivity contribution in [2.75, 3.05) is 0 Å². The fourth-order valence-corrected chi connectivity index (χ4v) is 3.95. The van der Waals surface area contributed by atoms with Crippen LogP contribution in [0.1, 0.15) is 37.7 Å². The van der Waals surface area contributed by atoms with Crippen molar-refractivity contribution < 1.29 is 9.47 Å². The molecule has 4 rings (SSSR count). The third-order valence-corrected chi connectivity index (χ3v) is 5.32. The van der Waals surface area contributed by atoms with Gasteiger partial charge in [0.05, 0.1) is 25.1 Å². The molecule has 2 unspecified atom stereocenters. The molecule has 0 bridgehead atoms. The Labute approximate surface area is 147 Å². The average molecular weight is 347 g/mol. The van der Waals surface area contributed by atoms with Crippen LogP contribution in [-0.2, 0) is 22.4 Å². The van der Waals surface area contributed by atoms with Crippen LogP contribution >= 0.6 is 11.6 Å². The summed E-state index contributed by atoms with van der Waals surface area (Å²) in [4.78, 5) is 4.15. The van der Waals surface area contributed by atoms with E-state index >= 15 is 0 Å². The van der Waals surface area contributed by atoms with Crippen LogP contribution in [0, 0.1) is 0 Å². The van der Waals surface area contributed by atoms with E-state index in [1.165, 1.54) is 18.4 Å². The average Bonchev–Trinajstić information content (AvgIpc) is 3.22. The van der Waals surface area contributed by atoms with Crippen LogP contribution in [0.4, 0.5) is 0 Å². The molecule has 2 heterocycles. The van der Waals surface area contributed by atoms with Gasteiger partial charge in [0.25, 0.3) is 0 Å². The Balaban J connectivity index is 1.50. The number of fused-ring (bicyclic) bond motifs is 1. The third-order valence-electron chi connectivity index (χ3n) is 5.06. The van der Waals surface area contributed by atoms with Gasteiger partial charge >= 0.3 is 0 Å². The second-order valence-electron chi connectivity index (χ2n) is 6.87. The summed E-state index contributed by atoms with van der Waals surface area (Å²) in [7, 11) is 0. The topological polar surface area (TPSA) is 36.3 Å². The van der Waals surface area contributed by atoms with Crippen molar-refractivity contribution in [3.8, 4) is 0 Å². The standard InChI is InChI=1S/C19H23ClN2O2/c20-16-7-5-15(6-8-16)9-10-19(13-22-12-11-21-14-22)23-17-3-1-2-4-18(17)24-19/h5-8,11-12,14,17-18H,1-4,9-10,13H2. The summed E-state index contributed by atoms with van der Waals surface area (Å²) >= 11 is 5.98. The largest absolute Gasteiger partial charge is 0.342 e. The van der Waals surface area contributed by atoms with Gasteiger partial charge in [0.2, 0.25) is 0 Å². The maximum absolute atomic E-state index is 6.47. The number of hydrogen-bond donors (Lipinski definition) is 0. The van der Waals surface area contributed by atoms with Crippen LogP contribution in [0.3, 0.4) is 0 Å². The highest BCUT2D eigenvalue weighted by Gasteiger charge is 2.48. The lowest BCUT2D eigenvalue weighted by Crippen LogP contribution is -2.37. The molecule has 5 heteroatoms. The minimum Gasteiger partial charge on any atom is -0.342 e. The summed E-state index contributed by atoms with van der Waals surface area (Å²) in [6.07, 6.45) is 12.5. The lowest BCUT2D eigenvalue weighted by molar-refractivity contribution is -0.188. The molecule has 0 N–H and O–H groups in total. The summed E-state index contributed by atoms with van der Waals surface area (Å²) in [5.41, 5.74) is 1.26. The number of benzene rings is 1. The molecule has 0 spiro atoms. The maximum Gasteiger partial charge on any atom is 0.187 e. The Hall–Kier alpha value is -1.36. The Morgan fingerprint density at radius 3 is 2.46 bits per heavy atom. The van der Waals surface area contributed by atoms with E-state index in [0.717, 1.165) is 30.7 Å². The van der Waals surface area contributed by atoms with Gasteiger partial charge in [-0.05, 0) is 37.0 Å². The third kappa shape index (κ3) is 3.51. The second kappa shape index (κ2) is 6.87. The first-order chi connectivity index (χ1) is 11.7. The van der Waals surface area contributed by atoms with Gasteiger partial charge in [-0.15, -0.1) is 0 Å². The number of aromatic nitrogens is 2. The Kier molecular flexibility index (Phi) is 4.61. The predicted molar refractivity (Wildman–Crippen MR) is 92.9 cm³/mol. The fraction of sp³-hybridized carbons (Fsp3) is 0.526. The molecule has 0 radical (unpaired) electrons. The van der Waals surface area contributed by atoms with Gasteiger partial charge in [-0.1, -0.05) is 36.6 Å². The maximum atomic E-state index is 6.47. The van der Waals surface area contributed by atoms with Gasteiger partial charge < -0.3 is 14.0 Å². The zero-order valence-electron chi connectivity index (χ0n) is 13.7. The molecule has 1 saturated heterocycles. The molecule has 2 fully saturated rings. The lowest BCUT2D eigenvalue weighted by Gasteiger charge is -2.29. The summed E-state index contributed by atoms with van der Waals surface area (Å²) < 4.78 is 15.0. The first-order valence-corrected chi connectivity index (χ1v) is 9.16. The SMILES string of the molecule is Clc1ccc(CCC2(Cn3ccnc3)OC3CCCCC3O2)cc1. The van der Waals surface area contributed by atoms with Crippen LogP contribution in [0.5, 0.6) is 0 Å². The van der Waals surface area contributed by atoms with Crippen LogP contribution < -0.4 is 0 Å². The molecule has 0 amide bonds. The second-order valence-corrected chi connectivity index (χ2v) is 7.31. The molecule has 2 atom stereocenters. The molecule has 24 heavy (non-hydrogen) atoms. The van der Waals surface area contributed by atoms with E-state index in [4.69, 9.17) is 21.1 Å². The van der Waals surface area contributed by atoms with Crippen molar-refractivity contribution in [1.82, 2.24) is 9.55 Å². The number of imidazole rings is 1. The monoisotopic (exact) mass is 346 g/mol. The number of rotatable bonds is 5. The van der Waals surface area contributed by atoms with Crippen molar-refractivity contribution in [3.05, 3.63) is 53.6 Å². The molecule has 4 nitrogen and oxygen atoms in total. The van der Waals surface area contributed by atoms with Crippen LogP contribution in [0.15, 0.2) is 43.0 Å². The molecule has 1 aliphatic carbocycles. The van der Waals surface area contributed by atoms with E-state index in [0.29, 0.717) is 6.54 Å². The van der Waals surface area contributed by atoms with Crippen molar-refractivity contribution in [3.63, 3.8) is 0 Å². The normalized spacial score (nSPS) is 29.5. The lowest BCUT2D eigenvalue weighted by atomic mass is 9.95. The Morgan fingerprint density at radius 1 is 1.12 bits per heavy atom. The number of halogens is 1. The molecule has 2 aromatic rings. The molecule has 1 aliphatic heterocycles. The number of hydrogen-bond acceptors (Lipinski definition) is 3. The molecule has 2 aliphatic rings. The van der Waals surface area contributed by atoms with Crippen LogP contribution in [-0.4, -0.2) is 27.5 Å². The van der Waals surface area contributed by atoms with Gasteiger partial charge in [-0.25, -0.2) is 4.98 Å². The van der Waals surface area contributed by atoms with E-state index in [9.17, 15) is 0 Å². The summed E-state index contributed by atoms with van der Waals surface area (Å²) in [6.45, 7) is 0.688. The van der Waals surface area contributed by atoms with E-state index < -0.39 is 5.79 Å². The smallest absolute Gasteiger partial charge is 0.187 e. The minimum absolute atomic E-state index is 0.243. The number of aryl methyl sites for hydroxylation is 1. The predicted octanol–water partition coefficient (Wildman–Crippen LogP) is 4.22. The van der Waals surface area contributed by atoms with Crippen molar-refractivity contribution in [2.24, 2.45) is 0 Å².